The van der Waals surface area contributed by atoms with E-state index in [1.165, 1.54) is 25.1 Å². The molecule has 136 valence electrons. The summed E-state index contributed by atoms with van der Waals surface area (Å²) < 4.78 is 14.0. The summed E-state index contributed by atoms with van der Waals surface area (Å²) in [7, 11) is 0. The van der Waals surface area contributed by atoms with Crippen LogP contribution in [0.5, 0.6) is 0 Å². The van der Waals surface area contributed by atoms with E-state index in [1.54, 1.807) is 6.07 Å². The summed E-state index contributed by atoms with van der Waals surface area (Å²) in [6.45, 7) is 3.87. The van der Waals surface area contributed by atoms with Gasteiger partial charge in [-0.15, -0.1) is 0 Å². The lowest BCUT2D eigenvalue weighted by molar-refractivity contribution is 0.101. The molecule has 0 saturated heterocycles. The van der Waals surface area contributed by atoms with Crippen molar-refractivity contribution in [2.45, 2.75) is 20.3 Å². The molecular weight excluding hydrogens is 401 g/mol. The van der Waals surface area contributed by atoms with Crippen LogP contribution in [0.25, 0.3) is 0 Å². The summed E-state index contributed by atoms with van der Waals surface area (Å²) in [4.78, 5) is 11.8. The van der Waals surface area contributed by atoms with Gasteiger partial charge >= 0.3 is 0 Å². The molecule has 6 nitrogen and oxygen atoms in total. The highest BCUT2D eigenvalue weighted by Crippen LogP contribution is 2.23. The maximum absolute atomic E-state index is 13.4. The summed E-state index contributed by atoms with van der Waals surface area (Å²) >= 11 is 3.35. The van der Waals surface area contributed by atoms with Gasteiger partial charge in [0.25, 0.3) is 0 Å². The molecule has 0 amide bonds. The molecule has 0 unspecified atom stereocenters. The SMILES string of the molecule is CCN/C(Br)=C(\C=N)C/C(=C/C(=N)C#N)Nc1ccc(F)cc1C(C)=O. The van der Waals surface area contributed by atoms with Crippen molar-refractivity contribution in [1.29, 1.82) is 16.1 Å². The van der Waals surface area contributed by atoms with Gasteiger partial charge in [0.1, 0.15) is 17.6 Å². The number of nitriles is 1. The lowest BCUT2D eigenvalue weighted by Crippen LogP contribution is -2.13. The Morgan fingerprint density at radius 2 is 2.15 bits per heavy atom. The quantitative estimate of drug-likeness (QED) is 0.273. The number of nitrogens with one attached hydrogen (secondary N) is 4. The van der Waals surface area contributed by atoms with Crippen LogP contribution in [0.3, 0.4) is 0 Å². The Labute approximate surface area is 159 Å². The summed E-state index contributed by atoms with van der Waals surface area (Å²) in [6, 6.07) is 5.47. The van der Waals surface area contributed by atoms with E-state index in [1.807, 2.05) is 6.92 Å². The fourth-order valence-electron chi connectivity index (χ4n) is 2.09. The predicted octanol–water partition coefficient (Wildman–Crippen LogP) is 4.12. The number of hydrogen-bond donors (Lipinski definition) is 4. The summed E-state index contributed by atoms with van der Waals surface area (Å²) in [5.74, 6) is -0.857. The number of carbonyl (C=O) groups excluding carboxylic acids is 1. The van der Waals surface area contributed by atoms with E-state index in [2.05, 4.69) is 26.6 Å². The van der Waals surface area contributed by atoms with Crippen molar-refractivity contribution in [3.8, 4) is 6.07 Å². The van der Waals surface area contributed by atoms with Crippen LogP contribution >= 0.6 is 15.9 Å². The number of Topliss-reactive ketones (excluding diaryl/α,β-unsaturated/α-hetero) is 1. The maximum Gasteiger partial charge on any atom is 0.161 e. The van der Waals surface area contributed by atoms with E-state index in [-0.39, 0.29) is 23.5 Å². The van der Waals surface area contributed by atoms with E-state index < -0.39 is 5.82 Å². The average Bonchev–Trinajstić information content (AvgIpc) is 2.60. The number of allylic oxidation sites excluding steroid dienone is 2. The van der Waals surface area contributed by atoms with Crippen LogP contribution in [-0.4, -0.2) is 24.3 Å². The van der Waals surface area contributed by atoms with Gasteiger partial charge in [0, 0.05) is 41.7 Å². The molecular formula is C18H19BrFN5O. The van der Waals surface area contributed by atoms with E-state index >= 15 is 0 Å². The van der Waals surface area contributed by atoms with Crippen molar-refractivity contribution >= 4 is 39.3 Å². The third kappa shape index (κ3) is 6.26. The largest absolute Gasteiger partial charge is 0.379 e. The van der Waals surface area contributed by atoms with E-state index in [4.69, 9.17) is 16.1 Å². The molecule has 0 aliphatic rings. The molecule has 26 heavy (non-hydrogen) atoms. The lowest BCUT2D eigenvalue weighted by atomic mass is 10.1. The lowest BCUT2D eigenvalue weighted by Gasteiger charge is -2.15. The van der Waals surface area contributed by atoms with Crippen molar-refractivity contribution in [3.63, 3.8) is 0 Å². The fraction of sp³-hybridized carbons (Fsp3) is 0.222. The first-order valence-corrected chi connectivity index (χ1v) is 8.51. The highest BCUT2D eigenvalue weighted by molar-refractivity contribution is 9.11. The summed E-state index contributed by atoms with van der Waals surface area (Å²) in [6.07, 6.45) is 2.65. The van der Waals surface area contributed by atoms with Crippen LogP contribution in [0.1, 0.15) is 30.6 Å². The highest BCUT2D eigenvalue weighted by atomic mass is 79.9. The van der Waals surface area contributed by atoms with Gasteiger partial charge in [-0.1, -0.05) is 0 Å². The van der Waals surface area contributed by atoms with E-state index in [9.17, 15) is 9.18 Å². The highest BCUT2D eigenvalue weighted by Gasteiger charge is 2.12. The van der Waals surface area contributed by atoms with Gasteiger partial charge in [0.2, 0.25) is 0 Å². The minimum absolute atomic E-state index is 0.158. The van der Waals surface area contributed by atoms with Crippen molar-refractivity contribution in [3.05, 3.63) is 51.5 Å². The van der Waals surface area contributed by atoms with Gasteiger partial charge in [-0.05, 0) is 54.1 Å². The molecule has 0 atom stereocenters. The van der Waals surface area contributed by atoms with E-state index in [0.29, 0.717) is 28.1 Å². The number of anilines is 1. The standard InChI is InChI=1S/C18H19BrFN5O/c1-3-24-18(19)12(9-21)6-15(8-14(23)10-22)25-17-5-4-13(20)7-16(17)11(2)26/h4-5,7-9,21,23-25H,3,6H2,1-2H3/b15-8-,18-12-,21-9?,23-14?. The number of halogens is 2. The number of hydrogen-bond acceptors (Lipinski definition) is 6. The van der Waals surface area contributed by atoms with Gasteiger partial charge in [-0.2, -0.15) is 5.26 Å². The molecule has 0 fully saturated rings. The second kappa shape index (κ2) is 10.3. The Kier molecular flexibility index (Phi) is 8.38. The van der Waals surface area contributed by atoms with Gasteiger partial charge in [0.05, 0.1) is 4.61 Å². The maximum atomic E-state index is 13.4. The minimum atomic E-state index is -0.536. The van der Waals surface area contributed by atoms with Crippen molar-refractivity contribution in [2.75, 3.05) is 11.9 Å². The van der Waals surface area contributed by atoms with Gasteiger partial charge in [0.15, 0.2) is 5.78 Å². The molecule has 0 spiro atoms. The van der Waals surface area contributed by atoms with Gasteiger partial charge < -0.3 is 16.0 Å². The fourth-order valence-corrected chi connectivity index (χ4v) is 2.63. The van der Waals surface area contributed by atoms with Crippen LogP contribution in [-0.2, 0) is 0 Å². The Bertz CT molecular complexity index is 823. The molecule has 8 heteroatoms. The third-order valence-corrected chi connectivity index (χ3v) is 4.05. The van der Waals surface area contributed by atoms with Crippen LogP contribution in [0, 0.1) is 28.0 Å². The molecule has 1 aromatic carbocycles. The Morgan fingerprint density at radius 3 is 2.69 bits per heavy atom. The number of rotatable bonds is 9. The molecule has 4 N–H and O–H groups in total. The number of ketones is 1. The first kappa shape index (κ1) is 21.3. The molecule has 1 rings (SSSR count). The normalized spacial score (nSPS) is 11.9. The van der Waals surface area contributed by atoms with Crippen LogP contribution < -0.4 is 10.6 Å². The Morgan fingerprint density at radius 1 is 1.46 bits per heavy atom. The molecule has 1 aromatic rings. The monoisotopic (exact) mass is 419 g/mol. The zero-order valence-electron chi connectivity index (χ0n) is 14.4. The average molecular weight is 420 g/mol. The molecule has 0 heterocycles. The predicted molar refractivity (Wildman–Crippen MR) is 104 cm³/mol. The van der Waals surface area contributed by atoms with Gasteiger partial charge in [-0.3, -0.25) is 10.2 Å². The van der Waals surface area contributed by atoms with Crippen molar-refractivity contribution in [2.24, 2.45) is 0 Å². The smallest absolute Gasteiger partial charge is 0.161 e. The molecule has 0 aliphatic heterocycles. The Balaban J connectivity index is 3.30. The second-order valence-corrected chi connectivity index (χ2v) is 6.05. The van der Waals surface area contributed by atoms with E-state index in [0.717, 1.165) is 12.3 Å². The third-order valence-electron chi connectivity index (χ3n) is 3.26. The summed E-state index contributed by atoms with van der Waals surface area (Å²) in [5, 5.41) is 30.1. The zero-order chi connectivity index (χ0) is 19.7. The first-order chi connectivity index (χ1) is 12.3. The first-order valence-electron chi connectivity index (χ1n) is 7.72. The van der Waals surface area contributed by atoms with Gasteiger partial charge in [-0.25, -0.2) is 4.39 Å². The minimum Gasteiger partial charge on any atom is -0.379 e. The zero-order valence-corrected chi connectivity index (χ0v) is 16.0. The number of benzene rings is 1. The molecule has 0 aliphatic carbocycles. The number of nitrogens with zero attached hydrogens (tertiary/aromatic N) is 1. The number of carbonyl (C=O) groups is 1. The Hall–Kier alpha value is -2.79. The van der Waals surface area contributed by atoms with Crippen molar-refractivity contribution < 1.29 is 9.18 Å². The second-order valence-electron chi connectivity index (χ2n) is 5.26. The molecule has 0 bridgehead atoms. The van der Waals surface area contributed by atoms with Crippen LogP contribution in [0.4, 0.5) is 10.1 Å². The molecule has 0 saturated carbocycles. The molecule has 0 radical (unpaired) electrons. The summed E-state index contributed by atoms with van der Waals surface area (Å²) in [5.41, 5.74) is 1.22. The van der Waals surface area contributed by atoms with Crippen LogP contribution in [0.15, 0.2) is 40.2 Å². The van der Waals surface area contributed by atoms with Crippen molar-refractivity contribution in [1.82, 2.24) is 5.32 Å². The topological polar surface area (TPSA) is 113 Å². The molecule has 0 aromatic heterocycles. The van der Waals surface area contributed by atoms with Crippen LogP contribution in [0.2, 0.25) is 0 Å².